The lowest BCUT2D eigenvalue weighted by atomic mass is 9.78. The number of piperidine rings is 1. The van der Waals surface area contributed by atoms with Gasteiger partial charge in [-0.05, 0) is 145 Å². The minimum absolute atomic E-state index is 0.00310. The van der Waals surface area contributed by atoms with Gasteiger partial charge in [0.15, 0.2) is 0 Å². The highest BCUT2D eigenvalue weighted by atomic mass is 35.5. The molecular weight excluding hydrogens is 1380 g/mol. The largest absolute Gasteiger partial charge is 0.393 e. The zero-order valence-electron chi connectivity index (χ0n) is 64.8. The van der Waals surface area contributed by atoms with Crippen molar-refractivity contribution < 1.29 is 70.7 Å². The Kier molecular flexibility index (Phi) is 29.9. The maximum atomic E-state index is 15.6. The van der Waals surface area contributed by atoms with Crippen molar-refractivity contribution in [2.75, 3.05) is 75.0 Å². The molecule has 4 heterocycles. The highest BCUT2D eigenvalue weighted by Gasteiger charge is 2.53. The average Bonchev–Trinajstić information content (AvgIpc) is 1.44. The summed E-state index contributed by atoms with van der Waals surface area (Å²) in [5.74, 6) is -10.7. The molecule has 12 amide bonds. The van der Waals surface area contributed by atoms with E-state index in [1.165, 1.54) is 74.4 Å². The minimum Gasteiger partial charge on any atom is -0.343 e. The summed E-state index contributed by atoms with van der Waals surface area (Å²) < 4.78 is 42.2. The van der Waals surface area contributed by atoms with E-state index in [1.807, 2.05) is 27.7 Å². The van der Waals surface area contributed by atoms with Gasteiger partial charge < -0.3 is 60.0 Å². The monoisotopic (exact) mass is 1500 g/mol. The predicted molar refractivity (Wildman–Crippen MR) is 391 cm³/mol. The van der Waals surface area contributed by atoms with Crippen LogP contribution in [0.3, 0.4) is 0 Å². The molecule has 0 radical (unpaired) electrons. The molecule has 0 aromatic carbocycles. The number of carbonyl (C=O) groups is 12. The molecule has 0 aromatic rings. The number of hydrogen-bond donors (Lipinski definition) is 3. The van der Waals surface area contributed by atoms with Gasteiger partial charge in [-0.2, -0.15) is 13.2 Å². The molecule has 13 atom stereocenters. The number of amides is 12. The van der Waals surface area contributed by atoms with Crippen molar-refractivity contribution in [2.45, 2.75) is 299 Å². The summed E-state index contributed by atoms with van der Waals surface area (Å²) in [6.45, 7) is 11.4. The van der Waals surface area contributed by atoms with Gasteiger partial charge in [0.1, 0.15) is 59.9 Å². The van der Waals surface area contributed by atoms with Gasteiger partial charge >= 0.3 is 6.18 Å². The van der Waals surface area contributed by atoms with Gasteiger partial charge in [-0.1, -0.05) is 112 Å². The summed E-state index contributed by atoms with van der Waals surface area (Å²) in [4.78, 5) is 196. The number of hydrogen-bond acceptors (Lipinski definition) is 12. The van der Waals surface area contributed by atoms with Crippen LogP contribution in [0.5, 0.6) is 0 Å². The van der Waals surface area contributed by atoms with E-state index in [9.17, 15) is 18.0 Å². The Labute approximate surface area is 626 Å². The molecule has 592 valence electrons. The second kappa shape index (κ2) is 37.2. The molecule has 28 heteroatoms. The SMILES string of the molecule is CC[C@H](C)[C@@H]1NC(=O)[C@H](CC(C)C)N(C)C(=O)C[C@@H](C(=O)N2CCCCC2)N(C)C(=O)[C@H](C(C)C)N(C)C(=O)C2(CCCC2)NC(=O)[C@@H]2CCCN2C(=O)[C@H](CCC2CCC(C(F)(F)F)C(Cl)C2)NC(=O)CN(C)C(=O)[C@H](CC2CCCCC2)N(C)C(=O)[C@@H]2CCN2C(=O)[C@H](C2CCCCC2)N(C)C1=O. The van der Waals surface area contributed by atoms with Crippen molar-refractivity contribution in [3.8, 4) is 0 Å². The summed E-state index contributed by atoms with van der Waals surface area (Å²) in [6, 6.07) is -10.7. The first-order valence-electron chi connectivity index (χ1n) is 39.7. The van der Waals surface area contributed by atoms with Crippen LogP contribution in [-0.2, 0) is 57.5 Å². The van der Waals surface area contributed by atoms with Crippen LogP contribution in [0.1, 0.15) is 228 Å². The molecule has 4 saturated carbocycles. The normalized spacial score (nSPS) is 31.1. The van der Waals surface area contributed by atoms with Crippen molar-refractivity contribution >= 4 is 82.5 Å². The van der Waals surface area contributed by atoms with Crippen molar-refractivity contribution in [3.63, 3.8) is 0 Å². The Balaban J connectivity index is 1.19. The van der Waals surface area contributed by atoms with Crippen molar-refractivity contribution in [1.82, 2.24) is 60.0 Å². The molecule has 4 saturated heterocycles. The molecule has 1 spiro atoms. The predicted octanol–water partition coefficient (Wildman–Crippen LogP) is 7.65. The zero-order valence-corrected chi connectivity index (χ0v) is 65.5. The number of halogens is 4. The quantitative estimate of drug-likeness (QED) is 0.159. The number of fused-ring (bicyclic) bond motifs is 2. The van der Waals surface area contributed by atoms with Gasteiger partial charge in [-0.3, -0.25) is 57.5 Å². The van der Waals surface area contributed by atoms with Crippen LogP contribution in [-0.4, -0.2) is 261 Å². The third kappa shape index (κ3) is 20.2. The number of nitrogens with one attached hydrogen (secondary N) is 3. The molecule has 105 heavy (non-hydrogen) atoms. The number of nitrogens with zero attached hydrogens (tertiary/aromatic N) is 9. The number of carbonyl (C=O) groups excluding carboxylic acids is 12. The van der Waals surface area contributed by atoms with Gasteiger partial charge in [0.25, 0.3) is 0 Å². The Hall–Kier alpha value is -6.28. The maximum Gasteiger partial charge on any atom is 0.393 e. The Bertz CT molecular complexity index is 3080. The van der Waals surface area contributed by atoms with E-state index in [-0.39, 0.29) is 107 Å². The van der Waals surface area contributed by atoms with Crippen LogP contribution < -0.4 is 16.0 Å². The van der Waals surface area contributed by atoms with Gasteiger partial charge in [0.05, 0.1) is 18.9 Å². The van der Waals surface area contributed by atoms with Crippen molar-refractivity contribution in [3.05, 3.63) is 0 Å². The molecule has 4 aliphatic carbocycles. The van der Waals surface area contributed by atoms with Gasteiger partial charge in [0, 0.05) is 73.8 Å². The lowest BCUT2D eigenvalue weighted by molar-refractivity contribution is -0.182. The summed E-state index contributed by atoms with van der Waals surface area (Å²) in [5.41, 5.74) is -1.56. The summed E-state index contributed by atoms with van der Waals surface area (Å²) in [6.07, 6.45) is 8.43. The van der Waals surface area contributed by atoms with Gasteiger partial charge in [0.2, 0.25) is 70.9 Å². The van der Waals surface area contributed by atoms with E-state index < -0.39 is 173 Å². The fourth-order valence-corrected chi connectivity index (χ4v) is 18.9. The molecule has 8 rings (SSSR count). The van der Waals surface area contributed by atoms with Crippen LogP contribution in [0, 0.1) is 41.4 Å². The second-order valence-electron chi connectivity index (χ2n) is 33.2. The lowest BCUT2D eigenvalue weighted by Crippen LogP contribution is -2.66. The average molecular weight is 1500 g/mol. The minimum atomic E-state index is -4.51. The Morgan fingerprint density at radius 2 is 1.19 bits per heavy atom. The standard InChI is InChI=1S/C77H124ClF3N12O12/c1-13-49(6)63-72(102)89(11)65(52-28-19-15-20-29-52)74(104)93-41-35-57(93)70(100)87(9)59(44-50-26-17-14-18-27-50)69(99)85(7)46-61(94)82-55(34-32-51-31-33-53(54(78)43-51)77(79,80)81)68(98)92-40-25-30-56(92)67(97)84-76(36-21-22-37-76)75(105)90(12)64(48(4)5)73(103)88(10)60(71(101)91-38-23-16-24-39-91)45-62(95)86(8)58(42-47(2)3)66(96)83-63/h47-60,63-65H,13-46H2,1-12H3,(H,82,94)(H,83,96)(H,84,97)/t49-,51?,53?,54?,55-,56-,57-,58-,59-,60-,63-,64-,65-/m0/s1. The van der Waals surface area contributed by atoms with E-state index in [0.29, 0.717) is 64.5 Å². The van der Waals surface area contributed by atoms with Crippen LogP contribution in [0.4, 0.5) is 13.2 Å². The lowest BCUT2D eigenvalue weighted by Gasteiger charge is -2.47. The summed E-state index contributed by atoms with van der Waals surface area (Å²) in [7, 11) is 8.90. The van der Waals surface area contributed by atoms with E-state index in [0.717, 1.165) is 57.8 Å². The Morgan fingerprint density at radius 3 is 1.77 bits per heavy atom. The van der Waals surface area contributed by atoms with E-state index >= 15 is 52.7 Å². The van der Waals surface area contributed by atoms with E-state index in [2.05, 4.69) is 16.0 Å². The van der Waals surface area contributed by atoms with Crippen molar-refractivity contribution in [2.24, 2.45) is 41.4 Å². The van der Waals surface area contributed by atoms with Crippen LogP contribution in [0.2, 0.25) is 0 Å². The van der Waals surface area contributed by atoms with Crippen LogP contribution in [0.15, 0.2) is 0 Å². The molecule has 4 aliphatic heterocycles. The molecule has 24 nitrogen and oxygen atoms in total. The third-order valence-electron chi connectivity index (χ3n) is 25.1. The molecule has 3 N–H and O–H groups in total. The number of alkyl halides is 4. The maximum absolute atomic E-state index is 15.6. The zero-order chi connectivity index (χ0) is 77.1. The van der Waals surface area contributed by atoms with Crippen LogP contribution in [0.25, 0.3) is 0 Å². The number of rotatable bonds is 12. The fourth-order valence-electron chi connectivity index (χ4n) is 18.3. The first-order valence-corrected chi connectivity index (χ1v) is 40.2. The number of likely N-dealkylation sites (N-methyl/N-ethyl adjacent to an activating group) is 6. The molecule has 0 aromatic heterocycles. The number of likely N-dealkylation sites (tertiary alicyclic amines) is 1. The first kappa shape index (κ1) is 84.3. The molecule has 0 bridgehead atoms. The van der Waals surface area contributed by atoms with Gasteiger partial charge in [-0.25, -0.2) is 0 Å². The fraction of sp³-hybridized carbons (Fsp3) is 0.844. The molecule has 8 aliphatic rings. The van der Waals surface area contributed by atoms with Gasteiger partial charge in [-0.15, -0.1) is 11.6 Å². The summed E-state index contributed by atoms with van der Waals surface area (Å²) in [5, 5.41) is 7.76. The van der Waals surface area contributed by atoms with Crippen molar-refractivity contribution in [1.29, 1.82) is 0 Å². The second-order valence-corrected chi connectivity index (χ2v) is 33.8. The first-order chi connectivity index (χ1) is 49.6. The third-order valence-corrected chi connectivity index (χ3v) is 25.6. The highest BCUT2D eigenvalue weighted by Crippen LogP contribution is 2.44. The topological polar surface area (TPSA) is 270 Å². The smallest absolute Gasteiger partial charge is 0.343 e. The molecule has 8 fully saturated rings. The van der Waals surface area contributed by atoms with Crippen LogP contribution >= 0.6 is 11.6 Å². The molecule has 3 unspecified atom stereocenters. The highest BCUT2D eigenvalue weighted by molar-refractivity contribution is 6.21. The van der Waals surface area contributed by atoms with E-state index in [1.54, 1.807) is 25.8 Å². The molecular formula is C77H124ClF3N12O12. The van der Waals surface area contributed by atoms with E-state index in [4.69, 9.17) is 11.6 Å². The Morgan fingerprint density at radius 1 is 0.571 bits per heavy atom. The summed E-state index contributed by atoms with van der Waals surface area (Å²) >= 11 is 6.43.